The number of halogens is 3. The molecular weight excluding hydrogens is 235 g/mol. The maximum atomic E-state index is 11.9. The van der Waals surface area contributed by atoms with E-state index in [1.807, 2.05) is 0 Å². The molecule has 0 aliphatic heterocycles. The Balaban J connectivity index is 1.89. The summed E-state index contributed by atoms with van der Waals surface area (Å²) in [4.78, 5) is 3.83. The fourth-order valence-corrected chi connectivity index (χ4v) is 1.65. The Hall–Kier alpha value is -1.50. The third kappa shape index (κ3) is 3.48. The van der Waals surface area contributed by atoms with Crippen molar-refractivity contribution in [3.05, 3.63) is 18.3 Å². The molecule has 17 heavy (non-hydrogen) atoms. The predicted octanol–water partition coefficient (Wildman–Crippen LogP) is 1.88. The number of anilines is 1. The monoisotopic (exact) mass is 247 g/mol. The van der Waals surface area contributed by atoms with Gasteiger partial charge >= 0.3 is 6.36 Å². The van der Waals surface area contributed by atoms with Crippen molar-refractivity contribution in [1.29, 1.82) is 0 Å². The molecular formula is C10H12F3N3O. The molecule has 0 saturated heterocycles. The first-order valence-electron chi connectivity index (χ1n) is 5.16. The lowest BCUT2D eigenvalue weighted by Crippen LogP contribution is -2.44. The molecule has 1 aromatic rings. The van der Waals surface area contributed by atoms with Crippen LogP contribution < -0.4 is 15.8 Å². The number of alkyl halides is 3. The van der Waals surface area contributed by atoms with E-state index in [1.54, 1.807) is 0 Å². The second-order valence-electron chi connectivity index (χ2n) is 4.00. The summed E-state index contributed by atoms with van der Waals surface area (Å²) in [5.74, 6) is 0.199. The smallest absolute Gasteiger partial charge is 0.404 e. The van der Waals surface area contributed by atoms with E-state index in [-0.39, 0.29) is 17.8 Å². The topological polar surface area (TPSA) is 60.2 Å². The first-order chi connectivity index (χ1) is 7.92. The van der Waals surface area contributed by atoms with Crippen LogP contribution in [0.15, 0.2) is 18.3 Å². The Morgan fingerprint density at radius 3 is 2.53 bits per heavy atom. The van der Waals surface area contributed by atoms with E-state index in [9.17, 15) is 13.2 Å². The van der Waals surface area contributed by atoms with Gasteiger partial charge in [0.15, 0.2) is 0 Å². The van der Waals surface area contributed by atoms with E-state index in [0.717, 1.165) is 19.0 Å². The van der Waals surface area contributed by atoms with Crippen molar-refractivity contribution < 1.29 is 17.9 Å². The zero-order valence-corrected chi connectivity index (χ0v) is 8.87. The maximum Gasteiger partial charge on any atom is 0.573 e. The second kappa shape index (κ2) is 4.40. The van der Waals surface area contributed by atoms with Gasteiger partial charge in [-0.1, -0.05) is 0 Å². The highest BCUT2D eigenvalue weighted by molar-refractivity contribution is 5.39. The molecule has 1 aliphatic rings. The van der Waals surface area contributed by atoms with Gasteiger partial charge in [0, 0.05) is 12.1 Å². The maximum absolute atomic E-state index is 11.9. The van der Waals surface area contributed by atoms with Crippen LogP contribution in [0.3, 0.4) is 0 Å². The van der Waals surface area contributed by atoms with Crippen LogP contribution in [0.25, 0.3) is 0 Å². The van der Waals surface area contributed by atoms with Crippen LogP contribution in [0.2, 0.25) is 0 Å². The highest BCUT2D eigenvalue weighted by Gasteiger charge is 2.31. The summed E-state index contributed by atoms with van der Waals surface area (Å²) in [6.45, 7) is 0. The standard InChI is InChI=1S/C10H12F3N3O/c11-10(12,13)17-8-1-2-9(15-5-8)16-7-3-6(14)4-7/h1-2,5-7H,3-4,14H2,(H,15,16). The van der Waals surface area contributed by atoms with Crippen LogP contribution in [0.1, 0.15) is 12.8 Å². The lowest BCUT2D eigenvalue weighted by Gasteiger charge is -2.33. The van der Waals surface area contributed by atoms with E-state index in [1.165, 1.54) is 12.1 Å². The van der Waals surface area contributed by atoms with Gasteiger partial charge in [0.2, 0.25) is 0 Å². The molecule has 0 aromatic carbocycles. The molecule has 2 rings (SSSR count). The van der Waals surface area contributed by atoms with Gasteiger partial charge in [-0.2, -0.15) is 0 Å². The van der Waals surface area contributed by atoms with Crippen molar-refractivity contribution in [1.82, 2.24) is 4.98 Å². The molecule has 3 N–H and O–H groups in total. The predicted molar refractivity (Wildman–Crippen MR) is 55.5 cm³/mol. The van der Waals surface area contributed by atoms with Gasteiger partial charge in [0.1, 0.15) is 11.6 Å². The lowest BCUT2D eigenvalue weighted by molar-refractivity contribution is -0.274. The minimum Gasteiger partial charge on any atom is -0.404 e. The van der Waals surface area contributed by atoms with Gasteiger partial charge in [0.25, 0.3) is 0 Å². The quantitative estimate of drug-likeness (QED) is 0.856. The van der Waals surface area contributed by atoms with E-state index in [4.69, 9.17) is 5.73 Å². The fraction of sp³-hybridized carbons (Fsp3) is 0.500. The van der Waals surface area contributed by atoms with Crippen molar-refractivity contribution in [3.8, 4) is 5.75 Å². The van der Waals surface area contributed by atoms with Crippen LogP contribution in [0, 0.1) is 0 Å². The Morgan fingerprint density at radius 1 is 1.35 bits per heavy atom. The van der Waals surface area contributed by atoms with Crippen molar-refractivity contribution in [2.45, 2.75) is 31.3 Å². The van der Waals surface area contributed by atoms with Gasteiger partial charge in [0.05, 0.1) is 6.20 Å². The van der Waals surface area contributed by atoms with Crippen molar-refractivity contribution >= 4 is 5.82 Å². The Labute approximate surface area is 96.0 Å². The summed E-state index contributed by atoms with van der Waals surface area (Å²) >= 11 is 0. The molecule has 1 saturated carbocycles. The third-order valence-electron chi connectivity index (χ3n) is 2.50. The number of hydrogen-bond acceptors (Lipinski definition) is 4. The minimum atomic E-state index is -4.68. The highest BCUT2D eigenvalue weighted by Crippen LogP contribution is 2.25. The second-order valence-corrected chi connectivity index (χ2v) is 4.00. The molecule has 7 heteroatoms. The van der Waals surface area contributed by atoms with Crippen molar-refractivity contribution in [2.24, 2.45) is 5.73 Å². The number of nitrogens with two attached hydrogens (primary N) is 1. The zero-order chi connectivity index (χ0) is 12.5. The van der Waals surface area contributed by atoms with Crippen LogP contribution in [-0.2, 0) is 0 Å². The number of nitrogens with zero attached hydrogens (tertiary/aromatic N) is 1. The molecule has 4 nitrogen and oxygen atoms in total. The van der Waals surface area contributed by atoms with E-state index >= 15 is 0 Å². The third-order valence-corrected chi connectivity index (χ3v) is 2.50. The molecule has 0 spiro atoms. The number of pyridine rings is 1. The molecule has 94 valence electrons. The van der Waals surface area contributed by atoms with Crippen LogP contribution >= 0.6 is 0 Å². The average Bonchev–Trinajstić information content (AvgIpc) is 2.16. The number of aromatic nitrogens is 1. The van der Waals surface area contributed by atoms with E-state index in [0.29, 0.717) is 5.82 Å². The molecule has 0 atom stereocenters. The fourth-order valence-electron chi connectivity index (χ4n) is 1.65. The largest absolute Gasteiger partial charge is 0.573 e. The van der Waals surface area contributed by atoms with E-state index in [2.05, 4.69) is 15.0 Å². The van der Waals surface area contributed by atoms with Crippen LogP contribution in [0.5, 0.6) is 5.75 Å². The SMILES string of the molecule is NC1CC(Nc2ccc(OC(F)(F)F)cn2)C1. The Morgan fingerprint density at radius 2 is 2.06 bits per heavy atom. The van der Waals surface area contributed by atoms with Gasteiger partial charge in [-0.3, -0.25) is 0 Å². The number of nitrogens with one attached hydrogen (secondary N) is 1. The molecule has 1 fully saturated rings. The lowest BCUT2D eigenvalue weighted by atomic mass is 9.88. The summed E-state index contributed by atoms with van der Waals surface area (Å²) in [5, 5.41) is 3.07. The average molecular weight is 247 g/mol. The minimum absolute atomic E-state index is 0.209. The molecule has 0 amide bonds. The molecule has 0 radical (unpaired) electrons. The summed E-state index contributed by atoms with van der Waals surface area (Å²) in [6, 6.07) is 3.14. The van der Waals surface area contributed by atoms with Crippen molar-refractivity contribution in [2.75, 3.05) is 5.32 Å². The normalized spacial score (nSPS) is 24.0. The van der Waals surface area contributed by atoms with Crippen LogP contribution in [0.4, 0.5) is 19.0 Å². The van der Waals surface area contributed by atoms with Gasteiger partial charge in [-0.05, 0) is 25.0 Å². The Bertz CT molecular complexity index is 373. The number of rotatable bonds is 3. The number of hydrogen-bond donors (Lipinski definition) is 2. The molecule has 0 unspecified atom stereocenters. The van der Waals surface area contributed by atoms with Gasteiger partial charge < -0.3 is 15.8 Å². The summed E-state index contributed by atoms with van der Waals surface area (Å²) in [5.41, 5.74) is 5.61. The molecule has 1 aliphatic carbocycles. The first-order valence-corrected chi connectivity index (χ1v) is 5.16. The molecule has 1 aromatic heterocycles. The Kier molecular flexibility index (Phi) is 3.10. The number of ether oxygens (including phenoxy) is 1. The highest BCUT2D eigenvalue weighted by atomic mass is 19.4. The molecule has 1 heterocycles. The van der Waals surface area contributed by atoms with Gasteiger partial charge in [-0.25, -0.2) is 4.98 Å². The van der Waals surface area contributed by atoms with E-state index < -0.39 is 6.36 Å². The van der Waals surface area contributed by atoms with Gasteiger partial charge in [-0.15, -0.1) is 13.2 Å². The summed E-state index contributed by atoms with van der Waals surface area (Å²) < 4.78 is 39.3. The first kappa shape index (κ1) is 12.0. The molecule has 0 bridgehead atoms. The summed E-state index contributed by atoms with van der Waals surface area (Å²) in [7, 11) is 0. The van der Waals surface area contributed by atoms with Crippen LogP contribution in [-0.4, -0.2) is 23.4 Å². The summed E-state index contributed by atoms with van der Waals surface area (Å²) in [6.07, 6.45) is -1.95. The zero-order valence-electron chi connectivity index (χ0n) is 8.87. The van der Waals surface area contributed by atoms with Crippen molar-refractivity contribution in [3.63, 3.8) is 0 Å².